The van der Waals surface area contributed by atoms with Gasteiger partial charge in [0, 0.05) is 19.3 Å². The van der Waals surface area contributed by atoms with Gasteiger partial charge < -0.3 is 9.88 Å². The lowest BCUT2D eigenvalue weighted by Gasteiger charge is -2.26. The second kappa shape index (κ2) is 6.20. The summed E-state index contributed by atoms with van der Waals surface area (Å²) in [6.45, 7) is 4.44. The molecule has 1 aromatic rings. The van der Waals surface area contributed by atoms with Crippen LogP contribution < -0.4 is 5.32 Å². The van der Waals surface area contributed by atoms with Crippen LogP contribution >= 0.6 is 0 Å². The first-order valence-electron chi connectivity index (χ1n) is 6.93. The summed E-state index contributed by atoms with van der Waals surface area (Å²) in [7, 11) is 1.99. The minimum atomic E-state index is 0.918. The molecule has 3 nitrogen and oxygen atoms in total. The van der Waals surface area contributed by atoms with Gasteiger partial charge in [0.15, 0.2) is 0 Å². The Morgan fingerprint density at radius 3 is 2.82 bits per heavy atom. The fraction of sp³-hybridized carbons (Fsp3) is 0.786. The van der Waals surface area contributed by atoms with E-state index in [4.69, 9.17) is 0 Å². The molecule has 0 bridgehead atoms. The van der Waals surface area contributed by atoms with Crippen LogP contribution in [0.4, 0.5) is 0 Å². The molecule has 0 saturated heterocycles. The highest BCUT2D eigenvalue weighted by atomic mass is 15.1. The molecule has 0 aromatic carbocycles. The number of nitrogens with one attached hydrogen (secondary N) is 1. The number of hydrogen-bond donors (Lipinski definition) is 1. The van der Waals surface area contributed by atoms with Crippen LogP contribution in [0.25, 0.3) is 0 Å². The zero-order valence-electron chi connectivity index (χ0n) is 11.2. The molecule has 1 saturated carbocycles. The number of rotatable bonds is 5. The van der Waals surface area contributed by atoms with Gasteiger partial charge in [0.05, 0.1) is 12.0 Å². The molecule has 1 aliphatic rings. The van der Waals surface area contributed by atoms with Crippen molar-refractivity contribution in [1.29, 1.82) is 0 Å². The average molecular weight is 235 g/mol. The van der Waals surface area contributed by atoms with Gasteiger partial charge in [-0.2, -0.15) is 0 Å². The number of aryl methyl sites for hydroxylation is 1. The highest BCUT2D eigenvalue weighted by molar-refractivity contribution is 4.97. The van der Waals surface area contributed by atoms with E-state index in [1.54, 1.807) is 0 Å². The highest BCUT2D eigenvalue weighted by Crippen LogP contribution is 2.30. The lowest BCUT2D eigenvalue weighted by Crippen LogP contribution is -2.16. The first kappa shape index (κ1) is 12.6. The van der Waals surface area contributed by atoms with E-state index >= 15 is 0 Å². The van der Waals surface area contributed by atoms with Gasteiger partial charge in [-0.3, -0.25) is 0 Å². The molecule has 0 radical (unpaired) electrons. The Kier molecular flexibility index (Phi) is 4.60. The Bertz CT molecular complexity index is 324. The third kappa shape index (κ3) is 3.56. The third-order valence-corrected chi connectivity index (χ3v) is 4.07. The van der Waals surface area contributed by atoms with Crippen molar-refractivity contribution in [3.8, 4) is 0 Å². The number of hydrogen-bond acceptors (Lipinski definition) is 2. The van der Waals surface area contributed by atoms with Gasteiger partial charge in [-0.05, 0) is 25.3 Å². The van der Waals surface area contributed by atoms with E-state index in [-0.39, 0.29) is 0 Å². The summed E-state index contributed by atoms with van der Waals surface area (Å²) in [5.41, 5.74) is 1.30. The van der Waals surface area contributed by atoms with Crippen molar-refractivity contribution in [1.82, 2.24) is 14.9 Å². The summed E-state index contributed by atoms with van der Waals surface area (Å²) in [6.07, 6.45) is 11.0. The maximum absolute atomic E-state index is 4.24. The molecule has 3 heteroatoms. The molecule has 1 aromatic heterocycles. The molecule has 0 spiro atoms. The molecule has 0 aliphatic heterocycles. The van der Waals surface area contributed by atoms with E-state index in [1.165, 1.54) is 37.8 Å². The Morgan fingerprint density at radius 2 is 2.12 bits per heavy atom. The van der Waals surface area contributed by atoms with E-state index in [2.05, 4.69) is 21.8 Å². The van der Waals surface area contributed by atoms with Crippen molar-refractivity contribution < 1.29 is 0 Å². The molecule has 1 N–H and O–H groups in total. The first-order valence-corrected chi connectivity index (χ1v) is 6.93. The summed E-state index contributed by atoms with van der Waals surface area (Å²) in [6, 6.07) is 0. The van der Waals surface area contributed by atoms with Crippen molar-refractivity contribution in [2.75, 3.05) is 7.05 Å². The lowest BCUT2D eigenvalue weighted by molar-refractivity contribution is 0.268. The Morgan fingerprint density at radius 1 is 1.35 bits per heavy atom. The second-order valence-electron chi connectivity index (χ2n) is 5.52. The molecular formula is C14H25N3. The number of imidazole rings is 1. The quantitative estimate of drug-likeness (QED) is 0.850. The van der Waals surface area contributed by atoms with E-state index < -0.39 is 0 Å². The van der Waals surface area contributed by atoms with Crippen LogP contribution in [0, 0.1) is 11.8 Å². The Hall–Kier alpha value is -0.830. The zero-order chi connectivity index (χ0) is 12.1. The van der Waals surface area contributed by atoms with Crippen LogP contribution in [0.3, 0.4) is 0 Å². The smallest absolute Gasteiger partial charge is 0.0948 e. The summed E-state index contributed by atoms with van der Waals surface area (Å²) in [4.78, 5) is 4.24. The van der Waals surface area contributed by atoms with Crippen LogP contribution in [0.2, 0.25) is 0 Å². The molecule has 0 amide bonds. The zero-order valence-corrected chi connectivity index (χ0v) is 11.2. The Labute approximate surface area is 105 Å². The topological polar surface area (TPSA) is 29.9 Å². The maximum atomic E-state index is 4.24. The van der Waals surface area contributed by atoms with Crippen molar-refractivity contribution >= 4 is 0 Å². The predicted octanol–water partition coefficient (Wildman–Crippen LogP) is 2.82. The van der Waals surface area contributed by atoms with Crippen LogP contribution in [0.5, 0.6) is 0 Å². The third-order valence-electron chi connectivity index (χ3n) is 4.07. The van der Waals surface area contributed by atoms with Gasteiger partial charge in [-0.25, -0.2) is 4.98 Å². The Balaban J connectivity index is 1.79. The highest BCUT2D eigenvalue weighted by Gasteiger charge is 2.18. The van der Waals surface area contributed by atoms with Gasteiger partial charge in [0.2, 0.25) is 0 Å². The van der Waals surface area contributed by atoms with Crippen molar-refractivity contribution in [2.24, 2.45) is 11.8 Å². The molecule has 0 atom stereocenters. The molecule has 1 aliphatic carbocycles. The summed E-state index contributed by atoms with van der Waals surface area (Å²) >= 11 is 0. The summed E-state index contributed by atoms with van der Waals surface area (Å²) in [5, 5.41) is 3.19. The minimum Gasteiger partial charge on any atom is -0.333 e. The molecule has 96 valence electrons. The normalized spacial score (nSPS) is 25.1. The van der Waals surface area contributed by atoms with E-state index in [0.717, 1.165) is 24.9 Å². The SMILES string of the molecule is CNCc1cncn1CCC1CCC(C)CC1. The fourth-order valence-electron chi connectivity index (χ4n) is 2.82. The summed E-state index contributed by atoms with van der Waals surface area (Å²) < 4.78 is 2.30. The monoisotopic (exact) mass is 235 g/mol. The van der Waals surface area contributed by atoms with Gasteiger partial charge in [0.25, 0.3) is 0 Å². The van der Waals surface area contributed by atoms with Crippen LogP contribution in [-0.2, 0) is 13.1 Å². The van der Waals surface area contributed by atoms with Crippen LogP contribution in [0.1, 0.15) is 44.7 Å². The van der Waals surface area contributed by atoms with Crippen LogP contribution in [0.15, 0.2) is 12.5 Å². The van der Waals surface area contributed by atoms with Crippen molar-refractivity contribution in [3.63, 3.8) is 0 Å². The molecule has 2 rings (SSSR count). The van der Waals surface area contributed by atoms with Crippen molar-refractivity contribution in [3.05, 3.63) is 18.2 Å². The van der Waals surface area contributed by atoms with Crippen LogP contribution in [-0.4, -0.2) is 16.6 Å². The maximum Gasteiger partial charge on any atom is 0.0948 e. The fourth-order valence-corrected chi connectivity index (χ4v) is 2.82. The second-order valence-corrected chi connectivity index (χ2v) is 5.52. The summed E-state index contributed by atoms with van der Waals surface area (Å²) in [5.74, 6) is 1.90. The van der Waals surface area contributed by atoms with E-state index in [1.807, 2.05) is 19.6 Å². The number of nitrogens with zero attached hydrogens (tertiary/aromatic N) is 2. The molecule has 0 unspecified atom stereocenters. The standard InChI is InChI=1S/C14H25N3/c1-12-3-5-13(6-4-12)7-8-17-11-16-10-14(17)9-15-2/h10-13,15H,3-9H2,1-2H3. The van der Waals surface area contributed by atoms with Gasteiger partial charge in [-0.15, -0.1) is 0 Å². The average Bonchev–Trinajstić information content (AvgIpc) is 2.77. The minimum absolute atomic E-state index is 0.918. The largest absolute Gasteiger partial charge is 0.333 e. The molecule has 1 fully saturated rings. The first-order chi connectivity index (χ1) is 8.29. The van der Waals surface area contributed by atoms with E-state index in [9.17, 15) is 0 Å². The lowest BCUT2D eigenvalue weighted by atomic mass is 9.81. The van der Waals surface area contributed by atoms with Crippen molar-refractivity contribution in [2.45, 2.75) is 52.1 Å². The molecule has 1 heterocycles. The van der Waals surface area contributed by atoms with E-state index in [0.29, 0.717) is 0 Å². The number of aromatic nitrogens is 2. The van der Waals surface area contributed by atoms with Gasteiger partial charge in [0.1, 0.15) is 0 Å². The van der Waals surface area contributed by atoms with Gasteiger partial charge >= 0.3 is 0 Å². The predicted molar refractivity (Wildman–Crippen MR) is 70.7 cm³/mol. The molecular weight excluding hydrogens is 210 g/mol. The van der Waals surface area contributed by atoms with Gasteiger partial charge in [-0.1, -0.05) is 32.6 Å². The molecule has 17 heavy (non-hydrogen) atoms.